The molecule has 4 heterocycles. The predicted octanol–water partition coefficient (Wildman–Crippen LogP) is 1.39. The van der Waals surface area contributed by atoms with Crippen LogP contribution in [0.15, 0.2) is 37.3 Å². The van der Waals surface area contributed by atoms with Crippen molar-refractivity contribution in [2.24, 2.45) is 0 Å². The van der Waals surface area contributed by atoms with Gasteiger partial charge in [-0.1, -0.05) is 0 Å². The van der Waals surface area contributed by atoms with Gasteiger partial charge in [0.05, 0.1) is 12.8 Å². The van der Waals surface area contributed by atoms with Gasteiger partial charge in [0.1, 0.15) is 36.2 Å². The fourth-order valence-corrected chi connectivity index (χ4v) is 3.11. The van der Waals surface area contributed by atoms with E-state index in [0.29, 0.717) is 35.9 Å². The van der Waals surface area contributed by atoms with E-state index in [1.807, 2.05) is 0 Å². The highest BCUT2D eigenvalue weighted by Gasteiger charge is 2.20. The van der Waals surface area contributed by atoms with Gasteiger partial charge in [0.25, 0.3) is 0 Å². The average Bonchev–Trinajstić information content (AvgIpc) is 3.40. The minimum absolute atomic E-state index is 0.263. The lowest BCUT2D eigenvalue weighted by Crippen LogP contribution is -2.10. The third-order valence-corrected chi connectivity index (χ3v) is 4.34. The zero-order chi connectivity index (χ0) is 17.5. The molecule has 0 saturated heterocycles. The molecule has 1 aliphatic heterocycles. The summed E-state index contributed by atoms with van der Waals surface area (Å²) in [5, 5.41) is 15.3. The summed E-state index contributed by atoms with van der Waals surface area (Å²) >= 11 is 0. The zero-order valence-corrected chi connectivity index (χ0v) is 13.5. The van der Waals surface area contributed by atoms with Gasteiger partial charge < -0.3 is 10.1 Å². The fraction of sp³-hybridized carbons (Fsp3) is 0.188. The number of benzene rings is 1. The SMILES string of the molecule is Fc1ccc2c(c1CNc1ncc(-n3cncn3)c3nncn13)CCO2. The first kappa shape index (κ1) is 14.8. The van der Waals surface area contributed by atoms with Crippen LogP contribution in [-0.2, 0) is 13.0 Å². The third kappa shape index (κ3) is 2.26. The Kier molecular flexibility index (Phi) is 3.27. The van der Waals surface area contributed by atoms with Crippen molar-refractivity contribution in [1.82, 2.24) is 34.3 Å². The topological polar surface area (TPSA) is 95.1 Å². The molecule has 9 nitrogen and oxygen atoms in total. The Hall–Kier alpha value is -3.56. The van der Waals surface area contributed by atoms with E-state index < -0.39 is 0 Å². The Balaban J connectivity index is 1.49. The molecule has 130 valence electrons. The van der Waals surface area contributed by atoms with Gasteiger partial charge in [-0.05, 0) is 12.1 Å². The Morgan fingerprint density at radius 2 is 2.23 bits per heavy atom. The van der Waals surface area contributed by atoms with Crippen molar-refractivity contribution in [3.8, 4) is 11.4 Å². The van der Waals surface area contributed by atoms with Crippen molar-refractivity contribution in [2.45, 2.75) is 13.0 Å². The molecule has 0 saturated carbocycles. The highest BCUT2D eigenvalue weighted by molar-refractivity contribution is 5.60. The van der Waals surface area contributed by atoms with Crippen molar-refractivity contribution < 1.29 is 9.13 Å². The molecule has 0 atom stereocenters. The highest BCUT2D eigenvalue weighted by atomic mass is 19.1. The minimum Gasteiger partial charge on any atom is -0.493 e. The van der Waals surface area contributed by atoms with Crippen molar-refractivity contribution in [3.63, 3.8) is 0 Å². The molecule has 0 fully saturated rings. The second kappa shape index (κ2) is 5.76. The monoisotopic (exact) mass is 352 g/mol. The summed E-state index contributed by atoms with van der Waals surface area (Å²) in [6.07, 6.45) is 6.85. The maximum absolute atomic E-state index is 14.3. The normalized spacial score (nSPS) is 13.0. The quantitative estimate of drug-likeness (QED) is 0.593. The standard InChI is InChI=1S/C16H13FN8O/c17-12-1-2-14-10(3-4-26-14)11(12)5-19-16-20-6-13(25-8-18-7-22-25)15-23-21-9-24(15)16/h1-2,6-9H,3-5H2,(H,19,20). The largest absolute Gasteiger partial charge is 0.493 e. The first-order valence-corrected chi connectivity index (χ1v) is 8.02. The van der Waals surface area contributed by atoms with Gasteiger partial charge in [-0.3, -0.25) is 0 Å². The molecular weight excluding hydrogens is 339 g/mol. The molecule has 26 heavy (non-hydrogen) atoms. The molecule has 3 aromatic heterocycles. The van der Waals surface area contributed by atoms with Crippen molar-refractivity contribution in [1.29, 1.82) is 0 Å². The third-order valence-electron chi connectivity index (χ3n) is 4.34. The lowest BCUT2D eigenvalue weighted by molar-refractivity contribution is 0.356. The van der Waals surface area contributed by atoms with Gasteiger partial charge in [0, 0.05) is 24.1 Å². The number of ether oxygens (including phenoxy) is 1. The summed E-state index contributed by atoms with van der Waals surface area (Å²) in [6, 6.07) is 3.10. The first-order valence-electron chi connectivity index (χ1n) is 8.02. The van der Waals surface area contributed by atoms with E-state index in [1.54, 1.807) is 34.0 Å². The summed E-state index contributed by atoms with van der Waals surface area (Å²) in [7, 11) is 0. The van der Waals surface area contributed by atoms with Crippen LogP contribution in [0, 0.1) is 5.82 Å². The van der Waals surface area contributed by atoms with Gasteiger partial charge in [0.2, 0.25) is 5.95 Å². The van der Waals surface area contributed by atoms with Crippen LogP contribution < -0.4 is 10.1 Å². The van der Waals surface area contributed by atoms with E-state index in [0.717, 1.165) is 11.3 Å². The molecule has 0 aliphatic carbocycles. The molecule has 5 rings (SSSR count). The lowest BCUT2D eigenvalue weighted by atomic mass is 10.0. The summed E-state index contributed by atoms with van der Waals surface area (Å²) < 4.78 is 23.0. The Morgan fingerprint density at radius 1 is 1.27 bits per heavy atom. The summed E-state index contributed by atoms with van der Waals surface area (Å²) in [6.45, 7) is 0.855. The molecule has 0 radical (unpaired) electrons. The maximum atomic E-state index is 14.3. The number of aromatic nitrogens is 7. The number of hydrogen-bond donors (Lipinski definition) is 1. The molecular formula is C16H13FN8O. The predicted molar refractivity (Wildman–Crippen MR) is 88.6 cm³/mol. The number of fused-ring (bicyclic) bond motifs is 2. The van der Waals surface area contributed by atoms with Crippen molar-refractivity contribution in [3.05, 3.63) is 54.3 Å². The van der Waals surface area contributed by atoms with E-state index >= 15 is 0 Å². The lowest BCUT2D eigenvalue weighted by Gasteiger charge is -2.12. The molecule has 10 heteroatoms. The molecule has 1 N–H and O–H groups in total. The van der Waals surface area contributed by atoms with Gasteiger partial charge in [-0.25, -0.2) is 23.4 Å². The maximum Gasteiger partial charge on any atom is 0.210 e. The molecule has 0 unspecified atom stereocenters. The summed E-state index contributed by atoms with van der Waals surface area (Å²) in [5.41, 5.74) is 2.70. The van der Waals surface area contributed by atoms with Crippen LogP contribution in [0.3, 0.4) is 0 Å². The van der Waals surface area contributed by atoms with E-state index in [-0.39, 0.29) is 12.4 Å². The molecule has 0 amide bonds. The summed E-state index contributed by atoms with van der Waals surface area (Å²) in [4.78, 5) is 8.33. The Labute approximate surface area is 146 Å². The van der Waals surface area contributed by atoms with Crippen LogP contribution in [0.1, 0.15) is 11.1 Å². The van der Waals surface area contributed by atoms with E-state index in [2.05, 4.69) is 30.6 Å². The van der Waals surface area contributed by atoms with Gasteiger partial charge in [-0.2, -0.15) is 5.10 Å². The molecule has 0 spiro atoms. The molecule has 4 aromatic rings. The molecule has 1 aliphatic rings. The fourth-order valence-electron chi connectivity index (χ4n) is 3.11. The highest BCUT2D eigenvalue weighted by Crippen LogP contribution is 2.30. The number of nitrogens with one attached hydrogen (secondary N) is 1. The van der Waals surface area contributed by atoms with Crippen LogP contribution in [0.25, 0.3) is 11.3 Å². The van der Waals surface area contributed by atoms with Crippen molar-refractivity contribution in [2.75, 3.05) is 11.9 Å². The Morgan fingerprint density at radius 3 is 3.12 bits per heavy atom. The number of rotatable bonds is 4. The van der Waals surface area contributed by atoms with Gasteiger partial charge in [-0.15, -0.1) is 10.2 Å². The van der Waals surface area contributed by atoms with Crippen LogP contribution in [-0.4, -0.2) is 41.0 Å². The zero-order valence-electron chi connectivity index (χ0n) is 13.5. The smallest absolute Gasteiger partial charge is 0.210 e. The first-order chi connectivity index (χ1) is 12.8. The average molecular weight is 352 g/mol. The van der Waals surface area contributed by atoms with Gasteiger partial charge >= 0.3 is 0 Å². The number of nitrogens with zero attached hydrogens (tertiary/aromatic N) is 7. The number of anilines is 1. The minimum atomic E-state index is -0.263. The second-order valence-corrected chi connectivity index (χ2v) is 5.79. The number of hydrogen-bond acceptors (Lipinski definition) is 7. The number of halogens is 1. The van der Waals surface area contributed by atoms with Crippen LogP contribution >= 0.6 is 0 Å². The van der Waals surface area contributed by atoms with Crippen LogP contribution in [0.5, 0.6) is 5.75 Å². The van der Waals surface area contributed by atoms with Gasteiger partial charge in [0.15, 0.2) is 5.65 Å². The van der Waals surface area contributed by atoms with Crippen LogP contribution in [0.2, 0.25) is 0 Å². The molecule has 0 bridgehead atoms. The summed E-state index contributed by atoms with van der Waals surface area (Å²) in [5.74, 6) is 0.984. The second-order valence-electron chi connectivity index (χ2n) is 5.79. The van der Waals surface area contributed by atoms with E-state index in [1.165, 1.54) is 12.4 Å². The molecule has 1 aromatic carbocycles. The Bertz CT molecular complexity index is 1090. The van der Waals surface area contributed by atoms with Crippen molar-refractivity contribution >= 4 is 11.6 Å². The van der Waals surface area contributed by atoms with E-state index in [9.17, 15) is 4.39 Å². The van der Waals surface area contributed by atoms with E-state index in [4.69, 9.17) is 4.74 Å². The van der Waals surface area contributed by atoms with Crippen LogP contribution in [0.4, 0.5) is 10.3 Å².